The van der Waals surface area contributed by atoms with Crippen LogP contribution in [0.5, 0.6) is 0 Å². The minimum absolute atomic E-state index is 0.121. The van der Waals surface area contributed by atoms with Crippen molar-refractivity contribution >= 4 is 22.9 Å². The van der Waals surface area contributed by atoms with Crippen molar-refractivity contribution in [2.45, 2.75) is 19.9 Å². The number of nitrogens with zero attached hydrogens (tertiary/aromatic N) is 4. The first kappa shape index (κ1) is 17.8. The van der Waals surface area contributed by atoms with Crippen LogP contribution in [0, 0.1) is 11.7 Å². The van der Waals surface area contributed by atoms with Crippen molar-refractivity contribution in [1.29, 1.82) is 0 Å². The molecule has 3 rings (SSSR count). The largest absolute Gasteiger partial charge is 0.348 e. The Balaban J connectivity index is 1.72. The third-order valence-corrected chi connectivity index (χ3v) is 4.16. The van der Waals surface area contributed by atoms with Crippen LogP contribution < -0.4 is 10.2 Å². The van der Waals surface area contributed by atoms with Crippen molar-refractivity contribution < 1.29 is 9.18 Å². The van der Waals surface area contributed by atoms with E-state index < -0.39 is 0 Å². The molecule has 26 heavy (non-hydrogen) atoms. The molecule has 136 valence electrons. The van der Waals surface area contributed by atoms with Crippen LogP contribution in [0.2, 0.25) is 0 Å². The molecule has 0 spiro atoms. The van der Waals surface area contributed by atoms with Crippen LogP contribution in [-0.2, 0) is 4.79 Å². The minimum atomic E-state index is -0.297. The molecule has 0 aliphatic rings. The van der Waals surface area contributed by atoms with E-state index in [1.54, 1.807) is 30.4 Å². The van der Waals surface area contributed by atoms with Gasteiger partial charge in [-0.1, -0.05) is 26.0 Å². The number of aromatic nitrogens is 4. The third-order valence-electron chi connectivity index (χ3n) is 4.16. The number of likely N-dealkylation sites (N-methyl/N-ethyl adjacent to an activating group) is 1. The van der Waals surface area contributed by atoms with E-state index in [1.807, 2.05) is 13.8 Å². The van der Waals surface area contributed by atoms with Crippen LogP contribution in [0.15, 0.2) is 36.9 Å². The van der Waals surface area contributed by atoms with Gasteiger partial charge in [-0.15, -0.1) is 0 Å². The number of H-pyrrole nitrogens is 1. The summed E-state index contributed by atoms with van der Waals surface area (Å²) < 4.78 is 13.2. The van der Waals surface area contributed by atoms with Crippen molar-refractivity contribution in [1.82, 2.24) is 25.3 Å². The molecule has 0 aliphatic heterocycles. The molecule has 3 aromatic rings. The molecule has 0 fully saturated rings. The average Bonchev–Trinajstić information content (AvgIpc) is 3.09. The van der Waals surface area contributed by atoms with Crippen molar-refractivity contribution in [3.63, 3.8) is 0 Å². The fraction of sp³-hybridized carbons (Fsp3) is 0.333. The van der Waals surface area contributed by atoms with E-state index in [0.29, 0.717) is 17.0 Å². The van der Waals surface area contributed by atoms with Gasteiger partial charge in [0.1, 0.15) is 17.7 Å². The number of hydrogen-bond acceptors (Lipinski definition) is 5. The first-order valence-electron chi connectivity index (χ1n) is 8.35. The summed E-state index contributed by atoms with van der Waals surface area (Å²) in [5, 5.41) is 3.02. The van der Waals surface area contributed by atoms with Gasteiger partial charge in [0.2, 0.25) is 5.91 Å². The number of hydrogen-bond donors (Lipinski definition) is 2. The van der Waals surface area contributed by atoms with E-state index in [1.165, 1.54) is 18.5 Å². The summed E-state index contributed by atoms with van der Waals surface area (Å²) in [6.07, 6.45) is 2.96. The molecule has 1 aromatic carbocycles. The van der Waals surface area contributed by atoms with Gasteiger partial charge in [-0.25, -0.2) is 19.3 Å². The number of fused-ring (bicyclic) bond motifs is 1. The van der Waals surface area contributed by atoms with Gasteiger partial charge in [-0.2, -0.15) is 0 Å². The number of rotatable bonds is 6. The summed E-state index contributed by atoms with van der Waals surface area (Å²) in [6, 6.07) is 6.00. The van der Waals surface area contributed by atoms with Gasteiger partial charge in [-0.3, -0.25) is 4.79 Å². The SMILES string of the molecule is CC(C)[C@@H](NC(=O)CN(C)c1ncnc2nc[nH]c12)c1ccc(F)cc1. The zero-order chi connectivity index (χ0) is 18.7. The third kappa shape index (κ3) is 3.79. The highest BCUT2D eigenvalue weighted by atomic mass is 19.1. The number of anilines is 1. The van der Waals surface area contributed by atoms with Gasteiger partial charge < -0.3 is 15.2 Å². The molecule has 0 aliphatic carbocycles. The molecule has 0 saturated carbocycles. The van der Waals surface area contributed by atoms with E-state index >= 15 is 0 Å². The zero-order valence-corrected chi connectivity index (χ0v) is 14.9. The van der Waals surface area contributed by atoms with Crippen molar-refractivity contribution in [3.8, 4) is 0 Å². The van der Waals surface area contributed by atoms with Gasteiger partial charge in [0.15, 0.2) is 11.5 Å². The quantitative estimate of drug-likeness (QED) is 0.708. The van der Waals surface area contributed by atoms with Crippen LogP contribution in [0.3, 0.4) is 0 Å². The topological polar surface area (TPSA) is 86.8 Å². The Morgan fingerprint density at radius 3 is 2.65 bits per heavy atom. The fourth-order valence-electron chi connectivity index (χ4n) is 2.86. The molecule has 7 nitrogen and oxygen atoms in total. The van der Waals surface area contributed by atoms with Crippen LogP contribution in [0.25, 0.3) is 11.2 Å². The molecule has 0 saturated heterocycles. The Bertz CT molecular complexity index is 892. The predicted molar refractivity (Wildman–Crippen MR) is 97.1 cm³/mol. The molecule has 1 atom stereocenters. The summed E-state index contributed by atoms with van der Waals surface area (Å²) in [5.74, 6) is 0.315. The minimum Gasteiger partial charge on any atom is -0.348 e. The van der Waals surface area contributed by atoms with E-state index in [9.17, 15) is 9.18 Å². The summed E-state index contributed by atoms with van der Waals surface area (Å²) in [4.78, 5) is 29.7. The number of nitrogens with one attached hydrogen (secondary N) is 2. The Morgan fingerprint density at radius 2 is 1.96 bits per heavy atom. The molecular formula is C18H21FN6O. The predicted octanol–water partition coefficient (Wildman–Crippen LogP) is 2.44. The maximum absolute atomic E-state index is 13.2. The highest BCUT2D eigenvalue weighted by Crippen LogP contribution is 2.22. The van der Waals surface area contributed by atoms with Crippen LogP contribution in [0.1, 0.15) is 25.5 Å². The molecule has 0 radical (unpaired) electrons. The molecule has 2 aromatic heterocycles. The van der Waals surface area contributed by atoms with Gasteiger partial charge in [-0.05, 0) is 23.6 Å². The molecule has 0 bridgehead atoms. The fourth-order valence-corrected chi connectivity index (χ4v) is 2.86. The second-order valence-corrected chi connectivity index (χ2v) is 6.50. The van der Waals surface area contributed by atoms with E-state index in [0.717, 1.165) is 5.56 Å². The molecule has 2 N–H and O–H groups in total. The Labute approximate surface area is 150 Å². The summed E-state index contributed by atoms with van der Waals surface area (Å²) in [7, 11) is 1.78. The first-order chi connectivity index (χ1) is 12.5. The first-order valence-corrected chi connectivity index (χ1v) is 8.35. The van der Waals surface area contributed by atoms with E-state index in [2.05, 4.69) is 25.3 Å². The van der Waals surface area contributed by atoms with Crippen molar-refractivity contribution in [3.05, 3.63) is 48.3 Å². The highest BCUT2D eigenvalue weighted by molar-refractivity contribution is 5.87. The molecule has 0 unspecified atom stereocenters. The van der Waals surface area contributed by atoms with Gasteiger partial charge in [0.05, 0.1) is 18.9 Å². The number of imidazole rings is 1. The Kier molecular flexibility index (Phi) is 5.11. The smallest absolute Gasteiger partial charge is 0.240 e. The lowest BCUT2D eigenvalue weighted by Crippen LogP contribution is -2.39. The number of carbonyl (C=O) groups excluding carboxylic acids is 1. The van der Waals surface area contributed by atoms with E-state index in [4.69, 9.17) is 0 Å². The number of amides is 1. The second-order valence-electron chi connectivity index (χ2n) is 6.50. The molecular weight excluding hydrogens is 335 g/mol. The molecule has 2 heterocycles. The highest BCUT2D eigenvalue weighted by Gasteiger charge is 2.20. The summed E-state index contributed by atoms with van der Waals surface area (Å²) in [5.41, 5.74) is 2.10. The number of aromatic amines is 1. The van der Waals surface area contributed by atoms with E-state index in [-0.39, 0.29) is 30.2 Å². The Hall–Kier alpha value is -3.03. The van der Waals surface area contributed by atoms with Crippen molar-refractivity contribution in [2.24, 2.45) is 5.92 Å². The van der Waals surface area contributed by atoms with Crippen LogP contribution >= 0.6 is 0 Å². The lowest BCUT2D eigenvalue weighted by atomic mass is 9.96. The van der Waals surface area contributed by atoms with Crippen molar-refractivity contribution in [2.75, 3.05) is 18.5 Å². The van der Waals surface area contributed by atoms with Crippen LogP contribution in [0.4, 0.5) is 10.2 Å². The van der Waals surface area contributed by atoms with Crippen LogP contribution in [-0.4, -0.2) is 39.4 Å². The maximum Gasteiger partial charge on any atom is 0.240 e. The normalized spacial score (nSPS) is 12.3. The Morgan fingerprint density at radius 1 is 1.23 bits per heavy atom. The lowest BCUT2D eigenvalue weighted by molar-refractivity contribution is -0.120. The summed E-state index contributed by atoms with van der Waals surface area (Å²) >= 11 is 0. The van der Waals surface area contributed by atoms with Gasteiger partial charge in [0.25, 0.3) is 0 Å². The monoisotopic (exact) mass is 356 g/mol. The zero-order valence-electron chi connectivity index (χ0n) is 14.9. The van der Waals surface area contributed by atoms with Gasteiger partial charge in [0, 0.05) is 7.05 Å². The number of halogens is 1. The maximum atomic E-state index is 13.2. The molecule has 1 amide bonds. The number of benzene rings is 1. The second kappa shape index (κ2) is 7.47. The number of carbonyl (C=O) groups is 1. The summed E-state index contributed by atoms with van der Waals surface area (Å²) in [6.45, 7) is 4.14. The standard InChI is InChI=1S/C18H21FN6O/c1-11(2)15(12-4-6-13(19)7-5-12)24-14(26)8-25(3)18-16-17(21-9-20-16)22-10-23-18/h4-7,9-11,15H,8H2,1-3H3,(H,24,26)(H,20,21,22,23)/t15-/m1/s1. The molecule has 8 heteroatoms. The average molecular weight is 356 g/mol. The van der Waals surface area contributed by atoms with Gasteiger partial charge >= 0.3 is 0 Å². The lowest BCUT2D eigenvalue weighted by Gasteiger charge is -2.25.